The Morgan fingerprint density at radius 2 is 2.08 bits per heavy atom. The van der Waals surface area contributed by atoms with Gasteiger partial charge in [-0.05, 0) is 38.3 Å². The highest BCUT2D eigenvalue weighted by atomic mass is 16.5. The summed E-state index contributed by atoms with van der Waals surface area (Å²) in [7, 11) is 1.86. The first-order valence-electron chi connectivity index (χ1n) is 5.62. The van der Waals surface area contributed by atoms with Crippen LogP contribution in [0.15, 0.2) is 0 Å². The van der Waals surface area contributed by atoms with Crippen LogP contribution in [0.25, 0.3) is 0 Å². The molecule has 2 atom stereocenters. The first-order chi connectivity index (χ1) is 6.38. The van der Waals surface area contributed by atoms with Crippen molar-refractivity contribution in [1.82, 2.24) is 5.32 Å². The summed E-state index contributed by atoms with van der Waals surface area (Å²) in [5.74, 6) is 0.804. The lowest BCUT2D eigenvalue weighted by atomic mass is 9.84. The Labute approximate surface area is 82.0 Å². The average molecular weight is 185 g/mol. The van der Waals surface area contributed by atoms with Gasteiger partial charge in [0, 0.05) is 7.11 Å². The second-order valence-electron chi connectivity index (χ2n) is 3.96. The summed E-state index contributed by atoms with van der Waals surface area (Å²) in [5.41, 5.74) is 0. The van der Waals surface area contributed by atoms with Crippen molar-refractivity contribution in [1.29, 1.82) is 0 Å². The van der Waals surface area contributed by atoms with Crippen molar-refractivity contribution in [2.75, 3.05) is 20.2 Å². The zero-order chi connectivity index (χ0) is 9.52. The maximum Gasteiger partial charge on any atom is 0.0600 e. The molecule has 0 saturated heterocycles. The van der Waals surface area contributed by atoms with E-state index in [0.717, 1.165) is 19.0 Å². The molecule has 1 aliphatic rings. The van der Waals surface area contributed by atoms with Crippen LogP contribution in [-0.4, -0.2) is 26.3 Å². The topological polar surface area (TPSA) is 21.3 Å². The van der Waals surface area contributed by atoms with E-state index in [1.807, 2.05) is 7.11 Å². The van der Waals surface area contributed by atoms with Crippen LogP contribution >= 0.6 is 0 Å². The second kappa shape index (κ2) is 6.39. The summed E-state index contributed by atoms with van der Waals surface area (Å²) in [6.45, 7) is 4.40. The minimum absolute atomic E-state index is 0.535. The lowest BCUT2D eigenvalue weighted by Gasteiger charge is -2.30. The first-order valence-corrected chi connectivity index (χ1v) is 5.62. The van der Waals surface area contributed by atoms with E-state index in [4.69, 9.17) is 4.74 Å². The lowest BCUT2D eigenvalue weighted by molar-refractivity contribution is 0.0206. The molecule has 78 valence electrons. The van der Waals surface area contributed by atoms with Gasteiger partial charge in [-0.25, -0.2) is 0 Å². The van der Waals surface area contributed by atoms with Gasteiger partial charge in [-0.2, -0.15) is 0 Å². The molecule has 2 heteroatoms. The van der Waals surface area contributed by atoms with Crippen molar-refractivity contribution in [3.05, 3.63) is 0 Å². The van der Waals surface area contributed by atoms with Crippen LogP contribution in [0.5, 0.6) is 0 Å². The third-order valence-electron chi connectivity index (χ3n) is 3.08. The van der Waals surface area contributed by atoms with E-state index in [1.54, 1.807) is 0 Å². The van der Waals surface area contributed by atoms with Crippen LogP contribution in [0.1, 0.15) is 39.0 Å². The molecule has 0 aromatic rings. The molecular formula is C11H23NO. The van der Waals surface area contributed by atoms with Gasteiger partial charge in [0.1, 0.15) is 0 Å². The predicted octanol–water partition coefficient (Wildman–Crippen LogP) is 2.19. The number of nitrogens with one attached hydrogen (secondary N) is 1. The third-order valence-corrected chi connectivity index (χ3v) is 3.08. The predicted molar refractivity (Wildman–Crippen MR) is 55.9 cm³/mol. The Morgan fingerprint density at radius 1 is 1.31 bits per heavy atom. The summed E-state index contributed by atoms with van der Waals surface area (Å²) in [5, 5.41) is 3.38. The van der Waals surface area contributed by atoms with Crippen molar-refractivity contribution < 1.29 is 4.74 Å². The van der Waals surface area contributed by atoms with E-state index < -0.39 is 0 Å². The standard InChI is InChI=1S/C11H23NO/c1-3-12-9-8-10-6-4-5-7-11(10)13-2/h10-12H,3-9H2,1-2H3/t10-,11-/m1/s1. The van der Waals surface area contributed by atoms with Gasteiger partial charge >= 0.3 is 0 Å². The van der Waals surface area contributed by atoms with Gasteiger partial charge in [0.15, 0.2) is 0 Å². The number of methoxy groups -OCH3 is 1. The van der Waals surface area contributed by atoms with Gasteiger partial charge in [-0.3, -0.25) is 0 Å². The summed E-state index contributed by atoms with van der Waals surface area (Å²) >= 11 is 0. The molecule has 13 heavy (non-hydrogen) atoms. The smallest absolute Gasteiger partial charge is 0.0600 e. The molecule has 1 aliphatic carbocycles. The number of hydrogen-bond acceptors (Lipinski definition) is 2. The third kappa shape index (κ3) is 3.65. The molecule has 1 fully saturated rings. The molecule has 0 spiro atoms. The van der Waals surface area contributed by atoms with Crippen molar-refractivity contribution in [3.63, 3.8) is 0 Å². The molecule has 0 unspecified atom stereocenters. The van der Waals surface area contributed by atoms with Crippen LogP contribution in [0, 0.1) is 5.92 Å². The van der Waals surface area contributed by atoms with Gasteiger partial charge < -0.3 is 10.1 Å². The van der Waals surface area contributed by atoms with Crippen LogP contribution in [-0.2, 0) is 4.74 Å². The molecule has 2 nitrogen and oxygen atoms in total. The highest BCUT2D eigenvalue weighted by Crippen LogP contribution is 2.28. The van der Waals surface area contributed by atoms with Gasteiger partial charge in [0.2, 0.25) is 0 Å². The van der Waals surface area contributed by atoms with E-state index in [-0.39, 0.29) is 0 Å². The monoisotopic (exact) mass is 185 g/mol. The van der Waals surface area contributed by atoms with Crippen molar-refractivity contribution in [2.24, 2.45) is 5.92 Å². The van der Waals surface area contributed by atoms with Crippen molar-refractivity contribution in [3.8, 4) is 0 Å². The fourth-order valence-corrected chi connectivity index (χ4v) is 2.28. The largest absolute Gasteiger partial charge is 0.381 e. The Balaban J connectivity index is 2.19. The molecule has 0 heterocycles. The SMILES string of the molecule is CCNCC[C@H]1CCCC[C@H]1OC. The molecule has 0 aliphatic heterocycles. The Bertz CT molecular complexity index is 127. The molecule has 0 aromatic heterocycles. The van der Waals surface area contributed by atoms with E-state index in [2.05, 4.69) is 12.2 Å². The molecule has 1 rings (SSSR count). The van der Waals surface area contributed by atoms with Crippen molar-refractivity contribution in [2.45, 2.75) is 45.1 Å². The summed E-state index contributed by atoms with van der Waals surface area (Å²) in [4.78, 5) is 0. The Kier molecular flexibility index (Phi) is 5.40. The second-order valence-corrected chi connectivity index (χ2v) is 3.96. The molecule has 1 N–H and O–H groups in total. The fraction of sp³-hybridized carbons (Fsp3) is 1.00. The summed E-state index contributed by atoms with van der Waals surface area (Å²) in [6, 6.07) is 0. The molecule has 0 radical (unpaired) electrons. The van der Waals surface area contributed by atoms with E-state index in [1.165, 1.54) is 32.1 Å². The van der Waals surface area contributed by atoms with Crippen LogP contribution in [0.3, 0.4) is 0 Å². The molecular weight excluding hydrogens is 162 g/mol. The maximum absolute atomic E-state index is 5.51. The van der Waals surface area contributed by atoms with Gasteiger partial charge in [0.25, 0.3) is 0 Å². The highest BCUT2D eigenvalue weighted by Gasteiger charge is 2.23. The minimum atomic E-state index is 0.535. The van der Waals surface area contributed by atoms with E-state index in [9.17, 15) is 0 Å². The van der Waals surface area contributed by atoms with Gasteiger partial charge in [-0.15, -0.1) is 0 Å². The zero-order valence-corrected chi connectivity index (χ0v) is 9.01. The Morgan fingerprint density at radius 3 is 2.77 bits per heavy atom. The van der Waals surface area contributed by atoms with Crippen LogP contribution in [0.4, 0.5) is 0 Å². The number of ether oxygens (including phenoxy) is 1. The fourth-order valence-electron chi connectivity index (χ4n) is 2.28. The molecule has 0 aromatic carbocycles. The normalized spacial score (nSPS) is 29.1. The van der Waals surface area contributed by atoms with Gasteiger partial charge in [-0.1, -0.05) is 19.8 Å². The average Bonchev–Trinajstić information content (AvgIpc) is 2.19. The first kappa shape index (κ1) is 11.0. The maximum atomic E-state index is 5.51. The highest BCUT2D eigenvalue weighted by molar-refractivity contribution is 4.76. The van der Waals surface area contributed by atoms with E-state index in [0.29, 0.717) is 6.10 Å². The molecule has 0 amide bonds. The minimum Gasteiger partial charge on any atom is -0.381 e. The molecule has 1 saturated carbocycles. The van der Waals surface area contributed by atoms with Gasteiger partial charge in [0.05, 0.1) is 6.10 Å². The number of rotatable bonds is 5. The lowest BCUT2D eigenvalue weighted by Crippen LogP contribution is -2.29. The van der Waals surface area contributed by atoms with Crippen LogP contribution < -0.4 is 5.32 Å². The number of hydrogen-bond donors (Lipinski definition) is 1. The van der Waals surface area contributed by atoms with Crippen molar-refractivity contribution >= 4 is 0 Å². The summed E-state index contributed by atoms with van der Waals surface area (Å²) in [6.07, 6.45) is 7.21. The van der Waals surface area contributed by atoms with E-state index >= 15 is 0 Å². The Hall–Kier alpha value is -0.0800. The quantitative estimate of drug-likeness (QED) is 0.663. The van der Waals surface area contributed by atoms with Crippen LogP contribution in [0.2, 0.25) is 0 Å². The summed E-state index contributed by atoms with van der Waals surface area (Å²) < 4.78 is 5.51. The molecule has 0 bridgehead atoms. The zero-order valence-electron chi connectivity index (χ0n) is 9.01.